The van der Waals surface area contributed by atoms with E-state index in [4.69, 9.17) is 23.3 Å². The molecule has 234 valence electrons. The van der Waals surface area contributed by atoms with Crippen LogP contribution in [0.4, 0.5) is 5.82 Å². The molecule has 1 aromatic heterocycles. The summed E-state index contributed by atoms with van der Waals surface area (Å²) in [6.45, 7) is 9.30. The summed E-state index contributed by atoms with van der Waals surface area (Å²) in [5.74, 6) is 0.844. The Morgan fingerprint density at radius 1 is 0.907 bits per heavy atom. The van der Waals surface area contributed by atoms with Gasteiger partial charge in [-0.1, -0.05) is 6.07 Å². The molecule has 0 spiro atoms. The second kappa shape index (κ2) is 14.9. The molecule has 1 N–H and O–H groups in total. The van der Waals surface area contributed by atoms with Crippen molar-refractivity contribution in [2.45, 2.75) is 64.0 Å². The first kappa shape index (κ1) is 34.2. The molecular weight excluding hydrogens is 595 g/mol. The van der Waals surface area contributed by atoms with Gasteiger partial charge in [-0.05, 0) is 82.6 Å². The summed E-state index contributed by atoms with van der Waals surface area (Å²) in [6.07, 6.45) is 1.79. The summed E-state index contributed by atoms with van der Waals surface area (Å²) >= 11 is 0. The van der Waals surface area contributed by atoms with Crippen LogP contribution in [-0.4, -0.2) is 57.6 Å². The van der Waals surface area contributed by atoms with Gasteiger partial charge in [0, 0.05) is 31.2 Å². The van der Waals surface area contributed by atoms with E-state index < -0.39 is 23.3 Å². The quantitative estimate of drug-likeness (QED) is 0.185. The molecule has 0 radical (unpaired) electrons. The number of sulfone groups is 1. The van der Waals surface area contributed by atoms with Crippen LogP contribution in [0.15, 0.2) is 65.7 Å². The van der Waals surface area contributed by atoms with Crippen LogP contribution in [-0.2, 0) is 34.3 Å². The molecule has 3 aromatic rings. The zero-order valence-corrected chi connectivity index (χ0v) is 27.1. The number of carbonyl (C=O) groups excluding carboxylic acids is 1. The van der Waals surface area contributed by atoms with Gasteiger partial charge >= 0.3 is 7.60 Å². The monoisotopic (exact) mass is 634 g/mol. The third-order valence-electron chi connectivity index (χ3n) is 5.55. The maximum Gasteiger partial charge on any atom is 0.335 e. The Balaban J connectivity index is 1.81. The van der Waals surface area contributed by atoms with Crippen molar-refractivity contribution in [2.24, 2.45) is 0 Å². The highest BCUT2D eigenvalue weighted by atomic mass is 32.2. The van der Waals surface area contributed by atoms with Crippen molar-refractivity contribution in [3.05, 3.63) is 71.9 Å². The molecule has 0 bridgehead atoms. The van der Waals surface area contributed by atoms with Gasteiger partial charge < -0.3 is 28.6 Å². The number of anilines is 1. The number of aromatic nitrogens is 1. The van der Waals surface area contributed by atoms with Gasteiger partial charge in [0.1, 0.15) is 29.2 Å². The van der Waals surface area contributed by atoms with E-state index in [0.29, 0.717) is 29.4 Å². The van der Waals surface area contributed by atoms with E-state index in [2.05, 4.69) is 10.3 Å². The van der Waals surface area contributed by atoms with Crippen LogP contribution in [0.25, 0.3) is 0 Å². The van der Waals surface area contributed by atoms with Crippen LogP contribution in [0, 0.1) is 0 Å². The van der Waals surface area contributed by atoms with E-state index >= 15 is 0 Å². The second-order valence-electron chi connectivity index (χ2n) is 10.5. The Morgan fingerprint density at radius 3 is 2.07 bits per heavy atom. The highest BCUT2D eigenvalue weighted by molar-refractivity contribution is 7.90. The average Bonchev–Trinajstić information content (AvgIpc) is 2.88. The fourth-order valence-electron chi connectivity index (χ4n) is 3.97. The number of ether oxygens (including phenoxy) is 3. The summed E-state index contributed by atoms with van der Waals surface area (Å²) in [6, 6.07) is 14.0. The number of methoxy groups -OCH3 is 1. The summed E-state index contributed by atoms with van der Waals surface area (Å²) < 4.78 is 65.0. The number of benzene rings is 2. The zero-order valence-electron chi connectivity index (χ0n) is 25.4. The molecule has 13 heteroatoms. The van der Waals surface area contributed by atoms with Crippen LogP contribution in [0.5, 0.6) is 17.2 Å². The molecular formula is C30H39N2O9PS. The summed E-state index contributed by atoms with van der Waals surface area (Å²) in [4.78, 5) is 17.7. The number of nitrogens with one attached hydrogen (secondary N) is 1. The van der Waals surface area contributed by atoms with Crippen molar-refractivity contribution in [2.75, 3.05) is 25.3 Å². The molecule has 0 saturated heterocycles. The molecule has 3 rings (SSSR count). The van der Waals surface area contributed by atoms with Gasteiger partial charge in [-0.2, -0.15) is 0 Å². The van der Waals surface area contributed by atoms with Gasteiger partial charge in [0.15, 0.2) is 9.84 Å². The maximum atomic E-state index is 13.3. The number of amides is 1. The van der Waals surface area contributed by atoms with Crippen LogP contribution >= 0.6 is 7.60 Å². The Labute approximate surface area is 253 Å². The molecule has 0 unspecified atom stereocenters. The standard InChI is InChI=1S/C30H39N2O9PS/c1-20(2)40-42(34,41-21(3)4)19-23-8-13-29(31-17-23)32-30(33)24-14-26(38-22(5)18-37-6)16-27(15-24)39-25-9-11-28(12-10-25)43(7,35)36/h8-17,20-22H,18-19H2,1-7H3,(H,31,32,33)/t22-/m0/s1. The first-order valence-corrected chi connectivity index (χ1v) is 17.3. The normalized spacial score (nSPS) is 12.8. The fourth-order valence-corrected chi connectivity index (χ4v) is 6.72. The molecule has 43 heavy (non-hydrogen) atoms. The zero-order chi connectivity index (χ0) is 31.8. The SMILES string of the molecule is COC[C@H](C)Oc1cc(Oc2ccc(S(C)(=O)=O)cc2)cc(C(=O)Nc2ccc(CP(=O)(OC(C)C)OC(C)C)cn2)c1. The van der Waals surface area contributed by atoms with Gasteiger partial charge in [0.05, 0.1) is 29.9 Å². The summed E-state index contributed by atoms with van der Waals surface area (Å²) in [7, 11) is -5.21. The van der Waals surface area contributed by atoms with Crippen LogP contribution in [0.3, 0.4) is 0 Å². The number of rotatable bonds is 15. The van der Waals surface area contributed by atoms with Gasteiger partial charge in [0.25, 0.3) is 5.91 Å². The minimum atomic E-state index is -3.41. The van der Waals surface area contributed by atoms with E-state index in [1.807, 2.05) is 6.92 Å². The smallest absolute Gasteiger partial charge is 0.335 e. The lowest BCUT2D eigenvalue weighted by molar-refractivity contribution is 0.0915. The first-order valence-electron chi connectivity index (χ1n) is 13.7. The Kier molecular flexibility index (Phi) is 11.9. The topological polar surface area (TPSA) is 139 Å². The molecule has 1 heterocycles. The van der Waals surface area contributed by atoms with Crippen molar-refractivity contribution in [3.63, 3.8) is 0 Å². The molecule has 1 atom stereocenters. The van der Waals surface area contributed by atoms with Crippen molar-refractivity contribution in [3.8, 4) is 17.2 Å². The van der Waals surface area contributed by atoms with E-state index in [-0.39, 0.29) is 40.8 Å². The van der Waals surface area contributed by atoms with Crippen LogP contribution in [0.2, 0.25) is 0 Å². The number of pyridine rings is 1. The van der Waals surface area contributed by atoms with Crippen molar-refractivity contribution >= 4 is 29.2 Å². The Hall–Kier alpha value is -3.28. The van der Waals surface area contributed by atoms with Crippen LogP contribution in [0.1, 0.15) is 50.5 Å². The highest BCUT2D eigenvalue weighted by Crippen LogP contribution is 2.53. The summed E-state index contributed by atoms with van der Waals surface area (Å²) in [5, 5.41) is 2.75. The van der Waals surface area contributed by atoms with Gasteiger partial charge in [-0.3, -0.25) is 9.36 Å². The molecule has 1 amide bonds. The van der Waals surface area contributed by atoms with E-state index in [9.17, 15) is 17.8 Å². The van der Waals surface area contributed by atoms with Crippen molar-refractivity contribution < 1.29 is 41.0 Å². The Morgan fingerprint density at radius 2 is 1.53 bits per heavy atom. The lowest BCUT2D eigenvalue weighted by atomic mass is 10.1. The fraction of sp³-hybridized carbons (Fsp3) is 0.400. The molecule has 0 aliphatic rings. The van der Waals surface area contributed by atoms with E-state index in [1.165, 1.54) is 36.5 Å². The van der Waals surface area contributed by atoms with Crippen molar-refractivity contribution in [1.82, 2.24) is 4.98 Å². The highest BCUT2D eigenvalue weighted by Gasteiger charge is 2.28. The molecule has 11 nitrogen and oxygen atoms in total. The maximum absolute atomic E-state index is 13.3. The predicted molar refractivity (Wildman–Crippen MR) is 164 cm³/mol. The van der Waals surface area contributed by atoms with E-state index in [0.717, 1.165) is 6.26 Å². The predicted octanol–water partition coefficient (Wildman–Crippen LogP) is 6.49. The first-order chi connectivity index (χ1) is 20.2. The van der Waals surface area contributed by atoms with Gasteiger partial charge in [-0.15, -0.1) is 0 Å². The number of hydrogen-bond donors (Lipinski definition) is 1. The minimum Gasteiger partial charge on any atom is -0.488 e. The van der Waals surface area contributed by atoms with E-state index in [1.54, 1.807) is 59.1 Å². The Bertz CT molecular complexity index is 1510. The van der Waals surface area contributed by atoms with Gasteiger partial charge in [-0.25, -0.2) is 13.4 Å². The van der Waals surface area contributed by atoms with Gasteiger partial charge in [0.2, 0.25) is 0 Å². The molecule has 0 fully saturated rings. The van der Waals surface area contributed by atoms with Crippen molar-refractivity contribution in [1.29, 1.82) is 0 Å². The lowest BCUT2D eigenvalue weighted by Gasteiger charge is -2.22. The molecule has 0 aliphatic heterocycles. The second-order valence-corrected chi connectivity index (χ2v) is 14.5. The lowest BCUT2D eigenvalue weighted by Crippen LogP contribution is -2.19. The average molecular weight is 635 g/mol. The molecule has 2 aromatic carbocycles. The number of hydrogen-bond acceptors (Lipinski definition) is 10. The third-order valence-corrected chi connectivity index (χ3v) is 8.92. The van der Waals surface area contributed by atoms with Crippen LogP contribution < -0.4 is 14.8 Å². The largest absolute Gasteiger partial charge is 0.488 e. The minimum absolute atomic E-state index is 0.0372. The summed E-state index contributed by atoms with van der Waals surface area (Å²) in [5.41, 5.74) is 0.860. The molecule has 0 saturated carbocycles. The number of nitrogens with zero attached hydrogens (tertiary/aromatic N) is 1. The third kappa shape index (κ3) is 11.1. The molecule has 0 aliphatic carbocycles. The number of carbonyl (C=O) groups is 1.